The summed E-state index contributed by atoms with van der Waals surface area (Å²) < 4.78 is 0.954. The van der Waals surface area contributed by atoms with Crippen LogP contribution < -0.4 is 5.32 Å². The van der Waals surface area contributed by atoms with Crippen LogP contribution in [0.2, 0.25) is 0 Å². The van der Waals surface area contributed by atoms with Gasteiger partial charge in [0.25, 0.3) is 0 Å². The number of allylic oxidation sites excluding steroid dienone is 2. The highest BCUT2D eigenvalue weighted by Crippen LogP contribution is 2.30. The van der Waals surface area contributed by atoms with E-state index >= 15 is 0 Å². The fourth-order valence-electron chi connectivity index (χ4n) is 2.49. The highest BCUT2D eigenvalue weighted by Gasteiger charge is 2.29. The van der Waals surface area contributed by atoms with Gasteiger partial charge in [-0.05, 0) is 64.2 Å². The van der Waals surface area contributed by atoms with Crippen molar-refractivity contribution in [3.63, 3.8) is 0 Å². The minimum absolute atomic E-state index is 0.0741. The van der Waals surface area contributed by atoms with E-state index in [4.69, 9.17) is 0 Å². The van der Waals surface area contributed by atoms with Gasteiger partial charge in [-0.15, -0.1) is 0 Å². The van der Waals surface area contributed by atoms with E-state index in [1.807, 2.05) is 6.08 Å². The number of ketones is 1. The van der Waals surface area contributed by atoms with Crippen LogP contribution in [0, 0.1) is 0 Å². The second-order valence-corrected chi connectivity index (χ2v) is 5.47. The first-order valence-corrected chi connectivity index (χ1v) is 6.63. The Morgan fingerprint density at radius 3 is 3.00 bits per heavy atom. The molecule has 1 aliphatic heterocycles. The molecule has 1 atom stereocenters. The van der Waals surface area contributed by atoms with Gasteiger partial charge in [0.15, 0.2) is 5.78 Å². The summed E-state index contributed by atoms with van der Waals surface area (Å²) in [7, 11) is 0. The summed E-state index contributed by atoms with van der Waals surface area (Å²) in [6.45, 7) is 0. The minimum atomic E-state index is -0.267. The summed E-state index contributed by atoms with van der Waals surface area (Å²) in [6.07, 6.45) is 5.41. The Morgan fingerprint density at radius 2 is 2.17 bits per heavy atom. The number of phenolic OH excluding ortho intramolecular Hbond substituents is 1. The van der Waals surface area contributed by atoms with E-state index in [1.54, 1.807) is 24.4 Å². The number of phenols is 1. The van der Waals surface area contributed by atoms with Crippen LogP contribution in [0.25, 0.3) is 0 Å². The first kappa shape index (κ1) is 11.5. The van der Waals surface area contributed by atoms with Crippen LogP contribution in [0.1, 0.15) is 22.3 Å². The molecule has 2 N–H and O–H groups in total. The number of fused-ring (bicyclic) bond motifs is 2. The number of hydrogen-bond acceptors (Lipinski definition) is 3. The van der Waals surface area contributed by atoms with Crippen LogP contribution in [-0.2, 0) is 6.42 Å². The van der Waals surface area contributed by atoms with Gasteiger partial charge in [0, 0.05) is 16.2 Å². The number of hydrogen-bond donors (Lipinski definition) is 2. The van der Waals surface area contributed by atoms with Gasteiger partial charge in [-0.3, -0.25) is 4.79 Å². The van der Waals surface area contributed by atoms with Crippen LogP contribution in [0.3, 0.4) is 0 Å². The second-order valence-electron chi connectivity index (χ2n) is 4.55. The molecule has 3 nitrogen and oxygen atoms in total. The van der Waals surface area contributed by atoms with Crippen molar-refractivity contribution in [1.29, 1.82) is 0 Å². The van der Waals surface area contributed by atoms with Gasteiger partial charge in [-0.25, -0.2) is 0 Å². The van der Waals surface area contributed by atoms with E-state index in [9.17, 15) is 9.90 Å². The van der Waals surface area contributed by atoms with E-state index in [1.165, 1.54) is 0 Å². The third-order valence-electron chi connectivity index (χ3n) is 3.38. The highest BCUT2D eigenvalue weighted by molar-refractivity contribution is 9.11. The maximum Gasteiger partial charge on any atom is 0.189 e. The second kappa shape index (κ2) is 4.28. The van der Waals surface area contributed by atoms with Crippen LogP contribution in [0.15, 0.2) is 40.5 Å². The number of benzene rings is 1. The summed E-state index contributed by atoms with van der Waals surface area (Å²) >= 11 is 3.41. The predicted octanol–water partition coefficient (Wildman–Crippen LogP) is 2.66. The molecule has 4 heteroatoms. The summed E-state index contributed by atoms with van der Waals surface area (Å²) in [4.78, 5) is 12.5. The molecule has 1 aromatic rings. The lowest BCUT2D eigenvalue weighted by Gasteiger charge is -2.21. The zero-order valence-electron chi connectivity index (χ0n) is 9.61. The van der Waals surface area contributed by atoms with Crippen LogP contribution >= 0.6 is 15.9 Å². The van der Waals surface area contributed by atoms with Crippen molar-refractivity contribution < 1.29 is 9.90 Å². The number of dihydropyridines is 1. The normalized spacial score (nSPS) is 22.1. The third kappa shape index (κ3) is 1.86. The average Bonchev–Trinajstić information content (AvgIpc) is 2.47. The lowest BCUT2D eigenvalue weighted by atomic mass is 9.97. The smallest absolute Gasteiger partial charge is 0.189 e. The number of carbonyl (C=O) groups is 1. The lowest BCUT2D eigenvalue weighted by molar-refractivity contribution is 0.0964. The predicted molar refractivity (Wildman–Crippen MR) is 72.8 cm³/mol. The number of rotatable bonds is 0. The van der Waals surface area contributed by atoms with Crippen molar-refractivity contribution in [3.8, 4) is 5.75 Å². The van der Waals surface area contributed by atoms with Gasteiger partial charge < -0.3 is 10.4 Å². The Labute approximate surface area is 113 Å². The van der Waals surface area contributed by atoms with Gasteiger partial charge in [-0.1, -0.05) is 0 Å². The van der Waals surface area contributed by atoms with Crippen molar-refractivity contribution in [2.45, 2.75) is 18.9 Å². The van der Waals surface area contributed by atoms with Crippen molar-refractivity contribution in [1.82, 2.24) is 5.32 Å². The van der Waals surface area contributed by atoms with Crippen LogP contribution in [0.4, 0.5) is 0 Å². The number of carbonyl (C=O) groups excluding carboxylic acids is 1. The molecule has 0 fully saturated rings. The zero-order chi connectivity index (χ0) is 12.7. The minimum Gasteiger partial charge on any atom is -0.508 e. The molecular weight excluding hydrogens is 294 g/mol. The SMILES string of the molecule is O=C1c2ccc(O)cc2CCC2=CC(Br)=CNC12. The highest BCUT2D eigenvalue weighted by atomic mass is 79.9. The number of Topliss-reactive ketones (excluding diaryl/α,β-unsaturated/α-hetero) is 1. The van der Waals surface area contributed by atoms with Crippen LogP contribution in [0.5, 0.6) is 5.75 Å². The van der Waals surface area contributed by atoms with Gasteiger partial charge >= 0.3 is 0 Å². The molecule has 0 saturated heterocycles. The third-order valence-corrected chi connectivity index (χ3v) is 3.84. The Balaban J connectivity index is 2.06. The van der Waals surface area contributed by atoms with Gasteiger partial charge in [-0.2, -0.15) is 0 Å². The van der Waals surface area contributed by atoms with Crippen LogP contribution in [-0.4, -0.2) is 16.9 Å². The maximum absolute atomic E-state index is 12.5. The molecule has 18 heavy (non-hydrogen) atoms. The topological polar surface area (TPSA) is 49.3 Å². The van der Waals surface area contributed by atoms with E-state index in [2.05, 4.69) is 21.2 Å². The van der Waals surface area contributed by atoms with Gasteiger partial charge in [0.1, 0.15) is 11.8 Å². The lowest BCUT2D eigenvalue weighted by Crippen LogP contribution is -2.36. The van der Waals surface area contributed by atoms with Crippen molar-refractivity contribution in [3.05, 3.63) is 51.7 Å². The van der Waals surface area contributed by atoms with Gasteiger partial charge in [0.2, 0.25) is 0 Å². The molecule has 92 valence electrons. The molecule has 2 aliphatic rings. The van der Waals surface area contributed by atoms with E-state index in [-0.39, 0.29) is 17.6 Å². The number of aromatic hydroxyl groups is 1. The average molecular weight is 306 g/mol. The van der Waals surface area contributed by atoms with E-state index < -0.39 is 0 Å². The Kier molecular flexibility index (Phi) is 2.74. The number of aryl methyl sites for hydroxylation is 1. The summed E-state index contributed by atoms with van der Waals surface area (Å²) in [6, 6.07) is 4.70. The first-order valence-electron chi connectivity index (χ1n) is 5.83. The van der Waals surface area contributed by atoms with Gasteiger partial charge in [0.05, 0.1) is 0 Å². The maximum atomic E-state index is 12.5. The fourth-order valence-corrected chi connectivity index (χ4v) is 2.92. The van der Waals surface area contributed by atoms with Crippen molar-refractivity contribution >= 4 is 21.7 Å². The number of halogens is 1. The fraction of sp³-hybridized carbons (Fsp3) is 0.214. The first-order chi connectivity index (χ1) is 8.65. The summed E-state index contributed by atoms with van der Waals surface area (Å²) in [5.41, 5.74) is 2.72. The Morgan fingerprint density at radius 1 is 1.33 bits per heavy atom. The molecule has 0 bridgehead atoms. The quantitative estimate of drug-likeness (QED) is 0.775. The molecule has 1 unspecified atom stereocenters. The molecule has 0 spiro atoms. The Hall–Kier alpha value is -1.55. The molecule has 3 rings (SSSR count). The molecule has 0 aromatic heterocycles. The monoisotopic (exact) mass is 305 g/mol. The molecule has 1 aromatic carbocycles. The summed E-state index contributed by atoms with van der Waals surface area (Å²) in [5.74, 6) is 0.290. The standard InChI is InChI=1S/C14H12BrNO2/c15-10-5-9-2-1-8-6-11(17)3-4-12(8)14(18)13(9)16-7-10/h3-7,13,16-17H,1-2H2. The van der Waals surface area contributed by atoms with E-state index in [0.29, 0.717) is 5.56 Å². The number of nitrogens with one attached hydrogen (secondary N) is 1. The largest absolute Gasteiger partial charge is 0.508 e. The molecular formula is C14H12BrNO2. The Bertz CT molecular complexity index is 589. The van der Waals surface area contributed by atoms with Crippen molar-refractivity contribution in [2.75, 3.05) is 0 Å². The molecule has 0 radical (unpaired) electrons. The molecule has 1 aliphatic carbocycles. The molecule has 0 saturated carbocycles. The van der Waals surface area contributed by atoms with E-state index in [0.717, 1.165) is 28.5 Å². The molecule has 0 amide bonds. The zero-order valence-corrected chi connectivity index (χ0v) is 11.2. The summed E-state index contributed by atoms with van der Waals surface area (Å²) in [5, 5.41) is 12.6. The molecule has 1 heterocycles. The van der Waals surface area contributed by atoms with Crippen molar-refractivity contribution in [2.24, 2.45) is 0 Å².